The van der Waals surface area contributed by atoms with Gasteiger partial charge in [-0.05, 0) is 37.3 Å². The smallest absolute Gasteiger partial charge is 0.220 e. The van der Waals surface area contributed by atoms with Crippen LogP contribution in [0.2, 0.25) is 0 Å². The van der Waals surface area contributed by atoms with E-state index in [4.69, 9.17) is 4.74 Å². The van der Waals surface area contributed by atoms with Gasteiger partial charge in [-0.2, -0.15) is 0 Å². The fourth-order valence-electron chi connectivity index (χ4n) is 3.49. The number of rotatable bonds is 9. The van der Waals surface area contributed by atoms with E-state index in [1.165, 1.54) is 4.70 Å². The number of unbranched alkanes of at least 4 members (excludes halogenated alkanes) is 1. The van der Waals surface area contributed by atoms with E-state index in [9.17, 15) is 4.79 Å². The van der Waals surface area contributed by atoms with Crippen molar-refractivity contribution in [2.75, 3.05) is 32.8 Å². The maximum Gasteiger partial charge on any atom is 0.220 e. The van der Waals surface area contributed by atoms with Crippen LogP contribution in [-0.2, 0) is 16.0 Å². The number of carbonyl (C=O) groups excluding carboxylic acids is 1. The van der Waals surface area contributed by atoms with Gasteiger partial charge >= 0.3 is 0 Å². The van der Waals surface area contributed by atoms with E-state index in [0.717, 1.165) is 56.0 Å². The number of aromatic nitrogens is 1. The van der Waals surface area contributed by atoms with Crippen LogP contribution in [0.5, 0.6) is 0 Å². The van der Waals surface area contributed by atoms with E-state index in [1.54, 1.807) is 11.3 Å². The molecule has 1 aromatic heterocycles. The molecule has 1 aliphatic rings. The Hall–Kier alpha value is -1.50. The summed E-state index contributed by atoms with van der Waals surface area (Å²) in [6.07, 6.45) is 3.53. The second-order valence-corrected chi connectivity index (χ2v) is 8.85. The molecular formula is C21H31N3O2S. The highest BCUT2D eigenvalue weighted by Crippen LogP contribution is 2.22. The molecule has 1 fully saturated rings. The van der Waals surface area contributed by atoms with Crippen LogP contribution >= 0.6 is 11.3 Å². The highest BCUT2D eigenvalue weighted by molar-refractivity contribution is 7.18. The molecule has 1 aromatic carbocycles. The number of aryl methyl sites for hydroxylation is 1. The molecule has 1 unspecified atom stereocenters. The Balaban J connectivity index is 1.30. The fourth-order valence-corrected chi connectivity index (χ4v) is 4.50. The molecule has 0 bridgehead atoms. The molecule has 0 spiro atoms. The van der Waals surface area contributed by atoms with Crippen molar-refractivity contribution in [3.63, 3.8) is 0 Å². The molecule has 5 nitrogen and oxygen atoms in total. The second-order valence-electron chi connectivity index (χ2n) is 7.73. The summed E-state index contributed by atoms with van der Waals surface area (Å²) >= 11 is 1.76. The minimum absolute atomic E-state index is 0.115. The lowest BCUT2D eigenvalue weighted by atomic mass is 10.1. The Morgan fingerprint density at radius 2 is 2.22 bits per heavy atom. The molecule has 0 saturated carbocycles. The number of ether oxygens (including phenoxy) is 1. The van der Waals surface area contributed by atoms with Crippen molar-refractivity contribution in [1.29, 1.82) is 0 Å². The van der Waals surface area contributed by atoms with Gasteiger partial charge in [0.2, 0.25) is 5.91 Å². The molecule has 2 aromatic rings. The molecule has 2 heterocycles. The van der Waals surface area contributed by atoms with Crippen molar-refractivity contribution in [2.45, 2.75) is 45.6 Å². The number of nitrogens with zero attached hydrogens (tertiary/aromatic N) is 2. The van der Waals surface area contributed by atoms with E-state index in [0.29, 0.717) is 18.9 Å². The number of morpholine rings is 1. The van der Waals surface area contributed by atoms with Gasteiger partial charge in [-0.1, -0.05) is 26.0 Å². The Bertz CT molecular complexity index is 698. The van der Waals surface area contributed by atoms with E-state index < -0.39 is 0 Å². The highest BCUT2D eigenvalue weighted by atomic mass is 32.1. The van der Waals surface area contributed by atoms with Crippen molar-refractivity contribution >= 4 is 27.5 Å². The topological polar surface area (TPSA) is 54.5 Å². The number of para-hydroxylation sites is 1. The lowest BCUT2D eigenvalue weighted by molar-refractivity contribution is -0.122. The van der Waals surface area contributed by atoms with Crippen molar-refractivity contribution in [2.24, 2.45) is 5.92 Å². The normalized spacial score (nSPS) is 18.3. The maximum atomic E-state index is 12.1. The van der Waals surface area contributed by atoms with E-state index in [-0.39, 0.29) is 12.0 Å². The number of thiazole rings is 1. The van der Waals surface area contributed by atoms with Crippen LogP contribution < -0.4 is 5.32 Å². The number of carbonyl (C=O) groups is 1. The first-order chi connectivity index (χ1) is 13.1. The number of fused-ring (bicyclic) bond motifs is 1. The molecule has 0 aliphatic carbocycles. The zero-order valence-electron chi connectivity index (χ0n) is 16.4. The quantitative estimate of drug-likeness (QED) is 0.667. The van der Waals surface area contributed by atoms with Crippen molar-refractivity contribution < 1.29 is 9.53 Å². The number of hydrogen-bond acceptors (Lipinski definition) is 5. The SMILES string of the molecule is CC(C)CN1CCOC(CNC(=O)CCCCc2nc3ccccc3s2)C1. The van der Waals surface area contributed by atoms with Gasteiger partial charge < -0.3 is 10.1 Å². The van der Waals surface area contributed by atoms with Crippen molar-refractivity contribution in [1.82, 2.24) is 15.2 Å². The number of nitrogens with one attached hydrogen (secondary N) is 1. The number of amides is 1. The van der Waals surface area contributed by atoms with Gasteiger partial charge in [0.05, 0.1) is 27.9 Å². The molecule has 1 atom stereocenters. The third-order valence-electron chi connectivity index (χ3n) is 4.76. The Kier molecular flexibility index (Phi) is 7.61. The Morgan fingerprint density at radius 1 is 1.37 bits per heavy atom. The third-order valence-corrected chi connectivity index (χ3v) is 5.85. The van der Waals surface area contributed by atoms with Crippen LogP contribution in [0, 0.1) is 5.92 Å². The summed E-state index contributed by atoms with van der Waals surface area (Å²) in [5.74, 6) is 0.789. The predicted molar refractivity (Wildman–Crippen MR) is 111 cm³/mol. The summed E-state index contributed by atoms with van der Waals surface area (Å²) in [7, 11) is 0. The average Bonchev–Trinajstić information content (AvgIpc) is 3.06. The Labute approximate surface area is 166 Å². The van der Waals surface area contributed by atoms with Crippen LogP contribution in [0.15, 0.2) is 24.3 Å². The standard InChI is InChI=1S/C21H31N3O2S/c1-16(2)14-24-11-12-26-17(15-24)13-22-20(25)9-5-6-10-21-23-18-7-3-4-8-19(18)27-21/h3-4,7-8,16-17H,5-6,9-15H2,1-2H3,(H,22,25). The maximum absolute atomic E-state index is 12.1. The molecule has 1 N–H and O–H groups in total. The van der Waals surface area contributed by atoms with E-state index in [2.05, 4.69) is 41.2 Å². The first-order valence-corrected chi connectivity index (χ1v) is 10.9. The summed E-state index contributed by atoms with van der Waals surface area (Å²) in [5.41, 5.74) is 1.08. The zero-order chi connectivity index (χ0) is 19.1. The molecule has 1 saturated heterocycles. The van der Waals surface area contributed by atoms with E-state index in [1.807, 2.05) is 12.1 Å². The number of hydrogen-bond donors (Lipinski definition) is 1. The summed E-state index contributed by atoms with van der Waals surface area (Å²) in [5, 5.41) is 4.21. The fraction of sp³-hybridized carbons (Fsp3) is 0.619. The highest BCUT2D eigenvalue weighted by Gasteiger charge is 2.21. The van der Waals surface area contributed by atoms with Gasteiger partial charge in [0.1, 0.15) is 0 Å². The Morgan fingerprint density at radius 3 is 3.04 bits per heavy atom. The molecule has 148 valence electrons. The predicted octanol–water partition coefficient (Wildman–Crippen LogP) is 3.48. The monoisotopic (exact) mass is 389 g/mol. The average molecular weight is 390 g/mol. The van der Waals surface area contributed by atoms with Crippen LogP contribution in [0.4, 0.5) is 0 Å². The summed E-state index contributed by atoms with van der Waals surface area (Å²) in [4.78, 5) is 19.2. The van der Waals surface area contributed by atoms with Crippen molar-refractivity contribution in [3.05, 3.63) is 29.3 Å². The van der Waals surface area contributed by atoms with Crippen LogP contribution in [0.3, 0.4) is 0 Å². The molecule has 3 rings (SSSR count). The summed E-state index contributed by atoms with van der Waals surface area (Å²) < 4.78 is 7.03. The van der Waals surface area contributed by atoms with Gasteiger partial charge in [0.25, 0.3) is 0 Å². The molecular weight excluding hydrogens is 358 g/mol. The minimum atomic E-state index is 0.115. The lowest BCUT2D eigenvalue weighted by Crippen LogP contribution is -2.48. The minimum Gasteiger partial charge on any atom is -0.374 e. The molecule has 27 heavy (non-hydrogen) atoms. The second kappa shape index (κ2) is 10.2. The van der Waals surface area contributed by atoms with Gasteiger partial charge in [0, 0.05) is 32.6 Å². The molecule has 6 heteroatoms. The van der Waals surface area contributed by atoms with Gasteiger partial charge in [-0.15, -0.1) is 11.3 Å². The van der Waals surface area contributed by atoms with Crippen LogP contribution in [0.1, 0.15) is 38.1 Å². The number of benzene rings is 1. The molecule has 1 aliphatic heterocycles. The zero-order valence-corrected chi connectivity index (χ0v) is 17.3. The molecule has 1 amide bonds. The van der Waals surface area contributed by atoms with Crippen LogP contribution in [-0.4, -0.2) is 54.7 Å². The largest absolute Gasteiger partial charge is 0.374 e. The van der Waals surface area contributed by atoms with Crippen LogP contribution in [0.25, 0.3) is 10.2 Å². The van der Waals surface area contributed by atoms with Crippen molar-refractivity contribution in [3.8, 4) is 0 Å². The van der Waals surface area contributed by atoms with Gasteiger partial charge in [-0.25, -0.2) is 4.98 Å². The summed E-state index contributed by atoms with van der Waals surface area (Å²) in [6, 6.07) is 8.24. The summed E-state index contributed by atoms with van der Waals surface area (Å²) in [6.45, 7) is 8.85. The first-order valence-electron chi connectivity index (χ1n) is 10.1. The lowest BCUT2D eigenvalue weighted by Gasteiger charge is -2.33. The first kappa shape index (κ1) is 20.2. The van der Waals surface area contributed by atoms with E-state index >= 15 is 0 Å². The van der Waals surface area contributed by atoms with Gasteiger partial charge in [0.15, 0.2) is 0 Å². The molecule has 0 radical (unpaired) electrons. The van der Waals surface area contributed by atoms with Gasteiger partial charge in [-0.3, -0.25) is 9.69 Å². The third kappa shape index (κ3) is 6.55.